The van der Waals surface area contributed by atoms with E-state index in [1.807, 2.05) is 12.2 Å². The number of hydrogen-bond donors (Lipinski definition) is 3. The molecule has 5 nitrogen and oxygen atoms in total. The molecule has 1 atom stereocenters. The van der Waals surface area contributed by atoms with Crippen molar-refractivity contribution in [2.45, 2.75) is 18.9 Å². The number of benzene rings is 1. The van der Waals surface area contributed by atoms with Crippen LogP contribution in [0.15, 0.2) is 48.1 Å². The molecule has 2 rings (SSSR count). The molecule has 0 spiro atoms. The van der Waals surface area contributed by atoms with Crippen molar-refractivity contribution >= 4 is 11.6 Å². The first-order valence-corrected chi connectivity index (χ1v) is 7.51. The second-order valence-corrected chi connectivity index (χ2v) is 5.22. The molecule has 0 saturated carbocycles. The Hall–Kier alpha value is -2.11. The number of nitrogens with one attached hydrogen (secondary N) is 1. The van der Waals surface area contributed by atoms with Crippen molar-refractivity contribution in [1.82, 2.24) is 5.32 Å². The van der Waals surface area contributed by atoms with Gasteiger partial charge in [-0.25, -0.2) is 0 Å². The van der Waals surface area contributed by atoms with Gasteiger partial charge in [0.15, 0.2) is 0 Å². The van der Waals surface area contributed by atoms with Crippen molar-refractivity contribution in [3.63, 3.8) is 0 Å². The Morgan fingerprint density at radius 3 is 2.73 bits per heavy atom. The van der Waals surface area contributed by atoms with Crippen LogP contribution < -0.4 is 16.8 Å². The van der Waals surface area contributed by atoms with Gasteiger partial charge < -0.3 is 21.5 Å². The van der Waals surface area contributed by atoms with Crippen molar-refractivity contribution < 1.29 is 9.53 Å². The highest BCUT2D eigenvalue weighted by molar-refractivity contribution is 5.94. The molecule has 1 aromatic carbocycles. The number of nitrogen functional groups attached to an aromatic ring is 1. The Bertz CT molecular complexity index is 550. The number of hydrogen-bond acceptors (Lipinski definition) is 4. The summed E-state index contributed by atoms with van der Waals surface area (Å²) >= 11 is 0. The van der Waals surface area contributed by atoms with Gasteiger partial charge in [0.25, 0.3) is 5.91 Å². The zero-order valence-electron chi connectivity index (χ0n) is 12.6. The topological polar surface area (TPSA) is 90.4 Å². The van der Waals surface area contributed by atoms with E-state index in [4.69, 9.17) is 16.2 Å². The van der Waals surface area contributed by atoms with Crippen molar-refractivity contribution in [3.05, 3.63) is 53.6 Å². The Labute approximate surface area is 131 Å². The maximum atomic E-state index is 11.9. The van der Waals surface area contributed by atoms with Crippen LogP contribution in [0.4, 0.5) is 5.69 Å². The maximum absolute atomic E-state index is 11.9. The number of ether oxygens (including phenoxy) is 1. The lowest BCUT2D eigenvalue weighted by molar-refractivity contribution is 0.0819. The predicted octanol–water partition coefficient (Wildman–Crippen LogP) is 1.62. The van der Waals surface area contributed by atoms with Crippen LogP contribution in [0.25, 0.3) is 0 Å². The van der Waals surface area contributed by atoms with Gasteiger partial charge in [0.2, 0.25) is 0 Å². The highest BCUT2D eigenvalue weighted by Gasteiger charge is 2.08. The Morgan fingerprint density at radius 1 is 1.32 bits per heavy atom. The van der Waals surface area contributed by atoms with Gasteiger partial charge in [-0.2, -0.15) is 0 Å². The van der Waals surface area contributed by atoms with Crippen LogP contribution in [0.5, 0.6) is 0 Å². The first kappa shape index (κ1) is 16.3. The van der Waals surface area contributed by atoms with Crippen LogP contribution in [0.3, 0.4) is 0 Å². The molecule has 0 heterocycles. The SMILES string of the molecule is NCC1=CCC(OCCCNC(=O)c2ccc(N)cc2)C=C1. The van der Waals surface area contributed by atoms with Crippen LogP contribution in [-0.2, 0) is 4.74 Å². The van der Waals surface area contributed by atoms with E-state index in [2.05, 4.69) is 11.4 Å². The fraction of sp³-hybridized carbons (Fsp3) is 0.353. The van der Waals surface area contributed by atoms with Crippen molar-refractivity contribution in [1.29, 1.82) is 0 Å². The number of nitrogens with two attached hydrogens (primary N) is 2. The van der Waals surface area contributed by atoms with Crippen molar-refractivity contribution in [2.24, 2.45) is 5.73 Å². The first-order valence-electron chi connectivity index (χ1n) is 7.51. The van der Waals surface area contributed by atoms with Crippen molar-refractivity contribution in [2.75, 3.05) is 25.4 Å². The summed E-state index contributed by atoms with van der Waals surface area (Å²) in [5, 5.41) is 2.87. The van der Waals surface area contributed by atoms with Crippen LogP contribution in [0, 0.1) is 0 Å². The Morgan fingerprint density at radius 2 is 2.09 bits per heavy atom. The molecular formula is C17H23N3O2. The average molecular weight is 301 g/mol. The molecule has 5 heteroatoms. The van der Waals surface area contributed by atoms with Crippen LogP contribution in [0.2, 0.25) is 0 Å². The molecule has 0 bridgehead atoms. The zero-order valence-corrected chi connectivity index (χ0v) is 12.6. The van der Waals surface area contributed by atoms with Crippen LogP contribution in [-0.4, -0.2) is 31.7 Å². The van der Waals surface area contributed by atoms with E-state index in [0.717, 1.165) is 18.4 Å². The monoisotopic (exact) mass is 301 g/mol. The highest BCUT2D eigenvalue weighted by atomic mass is 16.5. The predicted molar refractivity (Wildman–Crippen MR) is 88.4 cm³/mol. The molecule has 1 aromatic rings. The summed E-state index contributed by atoms with van der Waals surface area (Å²) in [6.45, 7) is 1.77. The smallest absolute Gasteiger partial charge is 0.251 e. The molecule has 0 fully saturated rings. The largest absolute Gasteiger partial charge is 0.399 e. The number of amides is 1. The molecule has 0 aliphatic heterocycles. The third-order valence-corrected chi connectivity index (χ3v) is 3.48. The molecule has 5 N–H and O–H groups in total. The number of carbonyl (C=O) groups is 1. The fourth-order valence-corrected chi connectivity index (χ4v) is 2.17. The molecule has 1 aliphatic rings. The maximum Gasteiger partial charge on any atom is 0.251 e. The zero-order chi connectivity index (χ0) is 15.8. The molecule has 1 aliphatic carbocycles. The minimum Gasteiger partial charge on any atom is -0.399 e. The molecule has 22 heavy (non-hydrogen) atoms. The molecule has 0 aromatic heterocycles. The minimum absolute atomic E-state index is 0.0897. The number of anilines is 1. The lowest BCUT2D eigenvalue weighted by Gasteiger charge is -2.16. The summed E-state index contributed by atoms with van der Waals surface area (Å²) in [5.41, 5.74) is 13.6. The van der Waals surface area contributed by atoms with E-state index in [1.165, 1.54) is 0 Å². The summed E-state index contributed by atoms with van der Waals surface area (Å²) in [4.78, 5) is 11.9. The molecule has 1 amide bonds. The lowest BCUT2D eigenvalue weighted by atomic mass is 10.1. The second-order valence-electron chi connectivity index (χ2n) is 5.22. The quantitative estimate of drug-likeness (QED) is 0.527. The first-order chi connectivity index (χ1) is 10.7. The van der Waals surface area contributed by atoms with Gasteiger partial charge in [0.1, 0.15) is 0 Å². The van der Waals surface area contributed by atoms with E-state index in [9.17, 15) is 4.79 Å². The van der Waals surface area contributed by atoms with Gasteiger partial charge in [0, 0.05) is 30.9 Å². The van der Waals surface area contributed by atoms with E-state index in [-0.39, 0.29) is 12.0 Å². The summed E-state index contributed by atoms with van der Waals surface area (Å²) in [5.74, 6) is -0.0897. The normalized spacial score (nSPS) is 17.1. The third-order valence-electron chi connectivity index (χ3n) is 3.48. The third kappa shape index (κ3) is 5.02. The minimum atomic E-state index is -0.0897. The molecular weight excluding hydrogens is 278 g/mol. The standard InChI is InChI=1S/C17H23N3O2/c18-12-13-2-8-16(9-3-13)22-11-1-10-20-17(21)14-4-6-15(19)7-5-14/h2-8,16H,1,9-12,18-19H2,(H,20,21). The Kier molecular flexibility index (Phi) is 6.18. The van der Waals surface area contributed by atoms with Crippen LogP contribution in [0.1, 0.15) is 23.2 Å². The van der Waals surface area contributed by atoms with E-state index in [0.29, 0.717) is 30.9 Å². The number of rotatable bonds is 7. The summed E-state index contributed by atoms with van der Waals surface area (Å²) in [7, 11) is 0. The van der Waals surface area contributed by atoms with Gasteiger partial charge in [-0.1, -0.05) is 18.2 Å². The van der Waals surface area contributed by atoms with Gasteiger partial charge in [-0.15, -0.1) is 0 Å². The van der Waals surface area contributed by atoms with Gasteiger partial charge in [0.05, 0.1) is 6.10 Å². The van der Waals surface area contributed by atoms with Crippen molar-refractivity contribution in [3.8, 4) is 0 Å². The van der Waals surface area contributed by atoms with E-state index in [1.54, 1.807) is 24.3 Å². The summed E-state index contributed by atoms with van der Waals surface area (Å²) in [6.07, 6.45) is 7.90. The van der Waals surface area contributed by atoms with Gasteiger partial charge >= 0.3 is 0 Å². The molecule has 0 saturated heterocycles. The van der Waals surface area contributed by atoms with Gasteiger partial charge in [-0.3, -0.25) is 4.79 Å². The molecule has 0 radical (unpaired) electrons. The van der Waals surface area contributed by atoms with Crippen LogP contribution >= 0.6 is 0 Å². The second kappa shape index (κ2) is 8.36. The average Bonchev–Trinajstić information content (AvgIpc) is 2.55. The van der Waals surface area contributed by atoms with Gasteiger partial charge in [-0.05, 0) is 42.7 Å². The van der Waals surface area contributed by atoms with E-state index >= 15 is 0 Å². The molecule has 1 unspecified atom stereocenters. The molecule has 118 valence electrons. The fourth-order valence-electron chi connectivity index (χ4n) is 2.17. The summed E-state index contributed by atoms with van der Waals surface area (Å²) < 4.78 is 5.74. The highest BCUT2D eigenvalue weighted by Crippen LogP contribution is 2.12. The Balaban J connectivity index is 1.60. The van der Waals surface area contributed by atoms with E-state index < -0.39 is 0 Å². The lowest BCUT2D eigenvalue weighted by Crippen LogP contribution is -2.25. The summed E-state index contributed by atoms with van der Waals surface area (Å²) in [6, 6.07) is 6.87. The number of carbonyl (C=O) groups excluding carboxylic acids is 1.